The Morgan fingerprint density at radius 2 is 1.55 bits per heavy atom. The van der Waals surface area contributed by atoms with Gasteiger partial charge in [0.2, 0.25) is 0 Å². The molecule has 31 heavy (non-hydrogen) atoms. The Hall–Kier alpha value is -2.25. The molecule has 1 rings (SSSR count). The fourth-order valence-corrected chi connectivity index (χ4v) is 3.00. The summed E-state index contributed by atoms with van der Waals surface area (Å²) in [4.78, 5) is 12.1. The van der Waals surface area contributed by atoms with Crippen molar-refractivity contribution in [3.63, 3.8) is 0 Å². The van der Waals surface area contributed by atoms with E-state index >= 15 is 0 Å². The van der Waals surface area contributed by atoms with Crippen molar-refractivity contribution in [2.75, 3.05) is 7.11 Å². The molecule has 0 saturated heterocycles. The van der Waals surface area contributed by atoms with Gasteiger partial charge >= 0.3 is 5.97 Å². The first kappa shape index (κ1) is 26.8. The number of ether oxygens (including phenoxy) is 2. The number of aliphatic hydroxyl groups excluding tert-OH is 3. The van der Waals surface area contributed by atoms with Gasteiger partial charge in [0.1, 0.15) is 6.10 Å². The molecule has 0 aliphatic carbocycles. The molecule has 0 aromatic carbocycles. The lowest BCUT2D eigenvalue weighted by molar-refractivity contribution is -0.145. The molecule has 172 valence electrons. The zero-order chi connectivity index (χ0) is 22.9. The number of methoxy groups -OCH3 is 1. The SMILES string of the molecule is CO[C@@H]1\C=C/C=C\C=C/C[C@@H](O)C[C@@H](O)C\C=C/C=C\C=C/C(=O)O[C@@H](C[C@@H](C)O)C1. The molecule has 0 fully saturated rings. The van der Waals surface area contributed by atoms with E-state index in [0.29, 0.717) is 32.1 Å². The second-order valence-corrected chi connectivity index (χ2v) is 7.54. The highest BCUT2D eigenvalue weighted by Gasteiger charge is 2.19. The molecule has 1 heterocycles. The van der Waals surface area contributed by atoms with Crippen LogP contribution in [0.2, 0.25) is 0 Å². The smallest absolute Gasteiger partial charge is 0.331 e. The average Bonchev–Trinajstić information content (AvgIpc) is 2.70. The van der Waals surface area contributed by atoms with Gasteiger partial charge in [-0.3, -0.25) is 0 Å². The lowest BCUT2D eigenvalue weighted by Gasteiger charge is -2.21. The van der Waals surface area contributed by atoms with Gasteiger partial charge < -0.3 is 24.8 Å². The third-order valence-electron chi connectivity index (χ3n) is 4.54. The number of carbonyl (C=O) groups is 1. The van der Waals surface area contributed by atoms with Crippen molar-refractivity contribution in [3.05, 3.63) is 72.9 Å². The molecule has 5 atom stereocenters. The number of allylic oxidation sites excluding steroid dienone is 8. The molecule has 0 aromatic rings. The number of rotatable bonds is 3. The van der Waals surface area contributed by atoms with Crippen molar-refractivity contribution in [1.82, 2.24) is 0 Å². The highest BCUT2D eigenvalue weighted by Crippen LogP contribution is 2.14. The zero-order valence-electron chi connectivity index (χ0n) is 18.4. The van der Waals surface area contributed by atoms with E-state index in [1.54, 1.807) is 44.4 Å². The van der Waals surface area contributed by atoms with Crippen molar-refractivity contribution >= 4 is 5.97 Å². The summed E-state index contributed by atoms with van der Waals surface area (Å²) in [5, 5.41) is 29.7. The Morgan fingerprint density at radius 3 is 2.13 bits per heavy atom. The van der Waals surface area contributed by atoms with Crippen LogP contribution in [0.15, 0.2) is 72.9 Å². The minimum atomic E-state index is -0.619. The van der Waals surface area contributed by atoms with Crippen molar-refractivity contribution in [1.29, 1.82) is 0 Å². The minimum Gasteiger partial charge on any atom is -0.459 e. The minimum absolute atomic E-state index is 0.277. The van der Waals surface area contributed by atoms with Gasteiger partial charge in [0.25, 0.3) is 0 Å². The fourth-order valence-electron chi connectivity index (χ4n) is 3.00. The summed E-state index contributed by atoms with van der Waals surface area (Å²) in [5.41, 5.74) is 0. The van der Waals surface area contributed by atoms with Crippen LogP contribution >= 0.6 is 0 Å². The molecule has 6 heteroatoms. The van der Waals surface area contributed by atoms with Crippen molar-refractivity contribution in [2.45, 2.75) is 69.5 Å². The van der Waals surface area contributed by atoms with Crippen molar-refractivity contribution in [3.8, 4) is 0 Å². The van der Waals surface area contributed by atoms with Crippen molar-refractivity contribution < 1.29 is 29.6 Å². The summed E-state index contributed by atoms with van der Waals surface area (Å²) >= 11 is 0. The van der Waals surface area contributed by atoms with Crippen LogP contribution in [0.3, 0.4) is 0 Å². The zero-order valence-corrected chi connectivity index (χ0v) is 18.4. The van der Waals surface area contributed by atoms with Crippen LogP contribution in [0.5, 0.6) is 0 Å². The molecule has 0 aromatic heterocycles. The molecule has 0 saturated carbocycles. The van der Waals surface area contributed by atoms with Crippen LogP contribution in [-0.2, 0) is 14.3 Å². The van der Waals surface area contributed by atoms with E-state index < -0.39 is 30.4 Å². The summed E-state index contributed by atoms with van der Waals surface area (Å²) < 4.78 is 10.9. The number of carbonyl (C=O) groups excluding carboxylic acids is 1. The first-order chi connectivity index (χ1) is 14.9. The number of cyclic esters (lactones) is 1. The summed E-state index contributed by atoms with van der Waals surface area (Å²) in [6.07, 6.45) is 20.3. The van der Waals surface area contributed by atoms with Crippen LogP contribution in [-0.4, -0.2) is 58.9 Å². The van der Waals surface area contributed by atoms with E-state index in [-0.39, 0.29) is 6.10 Å². The van der Waals surface area contributed by atoms with Gasteiger partial charge in [-0.05, 0) is 26.2 Å². The van der Waals surface area contributed by atoms with Crippen LogP contribution in [0, 0.1) is 0 Å². The number of hydrogen-bond donors (Lipinski definition) is 3. The largest absolute Gasteiger partial charge is 0.459 e. The normalized spacial score (nSPS) is 34.2. The average molecular weight is 433 g/mol. The molecule has 3 N–H and O–H groups in total. The molecule has 0 unspecified atom stereocenters. The predicted octanol–water partition coefficient (Wildman–Crippen LogP) is 3.32. The first-order valence-corrected chi connectivity index (χ1v) is 10.7. The maximum Gasteiger partial charge on any atom is 0.331 e. The lowest BCUT2D eigenvalue weighted by atomic mass is 10.1. The van der Waals surface area contributed by atoms with Gasteiger partial charge in [-0.2, -0.15) is 0 Å². The van der Waals surface area contributed by atoms with Crippen LogP contribution in [0.25, 0.3) is 0 Å². The number of hydrogen-bond acceptors (Lipinski definition) is 6. The van der Waals surface area contributed by atoms with Gasteiger partial charge in [0.15, 0.2) is 0 Å². The maximum atomic E-state index is 12.1. The second-order valence-electron chi connectivity index (χ2n) is 7.54. The second kappa shape index (κ2) is 16.4. The van der Waals surface area contributed by atoms with E-state index in [2.05, 4.69) is 0 Å². The maximum absolute atomic E-state index is 12.1. The van der Waals surface area contributed by atoms with Crippen LogP contribution in [0.4, 0.5) is 0 Å². The van der Waals surface area contributed by atoms with E-state index in [1.165, 1.54) is 6.08 Å². The molecule has 0 bridgehead atoms. The van der Waals surface area contributed by atoms with Crippen molar-refractivity contribution in [2.24, 2.45) is 0 Å². The van der Waals surface area contributed by atoms with E-state index in [4.69, 9.17) is 9.47 Å². The van der Waals surface area contributed by atoms with Gasteiger partial charge in [0.05, 0.1) is 24.4 Å². The molecule has 1 aliphatic heterocycles. The summed E-state index contributed by atoms with van der Waals surface area (Å²) in [5.74, 6) is -0.491. The van der Waals surface area contributed by atoms with E-state index in [1.807, 2.05) is 36.5 Å². The fraction of sp³-hybridized carbons (Fsp3) is 0.480. The number of aliphatic hydroxyl groups is 3. The Labute approximate surface area is 185 Å². The molecule has 0 spiro atoms. The summed E-state index contributed by atoms with van der Waals surface area (Å²) in [6, 6.07) is 0. The van der Waals surface area contributed by atoms with E-state index in [0.717, 1.165) is 0 Å². The Kier molecular flexibility index (Phi) is 14.2. The summed E-state index contributed by atoms with van der Waals surface area (Å²) in [6.45, 7) is 1.65. The lowest BCUT2D eigenvalue weighted by Crippen LogP contribution is -2.26. The van der Waals surface area contributed by atoms with E-state index in [9.17, 15) is 20.1 Å². The Balaban J connectivity index is 2.90. The molecule has 0 amide bonds. The van der Waals surface area contributed by atoms with Gasteiger partial charge in [-0.15, -0.1) is 0 Å². The Morgan fingerprint density at radius 1 is 0.968 bits per heavy atom. The molecule has 1 aliphatic rings. The molecular weight excluding hydrogens is 396 g/mol. The first-order valence-electron chi connectivity index (χ1n) is 10.7. The number of esters is 1. The van der Waals surface area contributed by atoms with Gasteiger partial charge in [-0.25, -0.2) is 4.79 Å². The third-order valence-corrected chi connectivity index (χ3v) is 4.54. The monoisotopic (exact) mass is 432 g/mol. The third kappa shape index (κ3) is 14.4. The van der Waals surface area contributed by atoms with Gasteiger partial charge in [-0.1, -0.05) is 66.8 Å². The van der Waals surface area contributed by atoms with Gasteiger partial charge in [0, 0.05) is 26.0 Å². The van der Waals surface area contributed by atoms with Crippen LogP contribution < -0.4 is 0 Å². The van der Waals surface area contributed by atoms with Crippen LogP contribution in [0.1, 0.15) is 39.0 Å². The predicted molar refractivity (Wildman–Crippen MR) is 122 cm³/mol. The molecular formula is C25H36O6. The summed E-state index contributed by atoms with van der Waals surface area (Å²) in [7, 11) is 1.58. The molecule has 0 radical (unpaired) electrons. The standard InChI is InChI=1S/C25H36O6/c1-20(26)17-24-19-23(30-2)15-11-7-3-5-9-13-21(27)18-22(28)14-10-6-4-8-12-16-25(29)31-24/h3-12,15-16,20-24,26-28H,13-14,17-19H2,1-2H3/b7-3-,8-4-,9-5-,10-6-,15-11-,16-12-/t20-,21-,22+,23-,24+/m1/s1. The highest BCUT2D eigenvalue weighted by molar-refractivity contribution is 5.82. The molecule has 6 nitrogen and oxygen atoms in total. The topological polar surface area (TPSA) is 96.2 Å². The highest BCUT2D eigenvalue weighted by atomic mass is 16.5. The Bertz CT molecular complexity index is 671. The quantitative estimate of drug-likeness (QED) is 0.592.